The third-order valence-electron chi connectivity index (χ3n) is 3.64. The molecule has 0 amide bonds. The summed E-state index contributed by atoms with van der Waals surface area (Å²) in [5.74, 6) is 0. The first-order chi connectivity index (χ1) is 10.2. The van der Waals surface area contributed by atoms with Gasteiger partial charge in [0, 0.05) is 31.2 Å². The number of hydrogen-bond donors (Lipinski definition) is 2. The van der Waals surface area contributed by atoms with Crippen LogP contribution in [-0.4, -0.2) is 34.6 Å². The minimum Gasteiger partial charge on any atom is -0.399 e. The van der Waals surface area contributed by atoms with Crippen LogP contribution >= 0.6 is 0 Å². The van der Waals surface area contributed by atoms with Crippen LogP contribution in [0.5, 0.6) is 0 Å². The van der Waals surface area contributed by atoms with E-state index < -0.39 is 6.10 Å². The molecule has 0 saturated heterocycles. The van der Waals surface area contributed by atoms with E-state index in [1.165, 1.54) is 5.56 Å². The Kier molecular flexibility index (Phi) is 5.72. The van der Waals surface area contributed by atoms with Crippen LogP contribution in [0.25, 0.3) is 0 Å². The Hall–Kier alpha value is -1.91. The first kappa shape index (κ1) is 15.5. The predicted molar refractivity (Wildman–Crippen MR) is 85.9 cm³/mol. The van der Waals surface area contributed by atoms with Gasteiger partial charge in [-0.15, -0.1) is 0 Å². The molecule has 4 heteroatoms. The van der Waals surface area contributed by atoms with Crippen molar-refractivity contribution in [3.8, 4) is 0 Å². The molecule has 0 fully saturated rings. The van der Waals surface area contributed by atoms with Gasteiger partial charge in [0.05, 0.1) is 6.10 Å². The molecule has 1 heterocycles. The van der Waals surface area contributed by atoms with Crippen molar-refractivity contribution in [2.45, 2.75) is 19.4 Å². The van der Waals surface area contributed by atoms with Crippen molar-refractivity contribution >= 4 is 5.69 Å². The number of aliphatic hydroxyl groups excluding tert-OH is 1. The fraction of sp³-hybridized carbons (Fsp3) is 0.353. The first-order valence-corrected chi connectivity index (χ1v) is 7.33. The molecule has 1 aromatic carbocycles. The normalized spacial score (nSPS) is 12.5. The number of aromatic nitrogens is 1. The van der Waals surface area contributed by atoms with Gasteiger partial charge in [-0.2, -0.15) is 0 Å². The van der Waals surface area contributed by atoms with Gasteiger partial charge in [0.25, 0.3) is 0 Å². The Balaban J connectivity index is 1.89. The van der Waals surface area contributed by atoms with E-state index in [-0.39, 0.29) is 0 Å². The second-order valence-corrected chi connectivity index (χ2v) is 5.18. The molecule has 0 aliphatic heterocycles. The molecule has 0 bridgehead atoms. The molecule has 1 aromatic heterocycles. The molecule has 21 heavy (non-hydrogen) atoms. The summed E-state index contributed by atoms with van der Waals surface area (Å²) in [7, 11) is 0. The number of hydrogen-bond acceptors (Lipinski definition) is 4. The summed E-state index contributed by atoms with van der Waals surface area (Å²) in [6.07, 6.45) is 4.08. The molecule has 4 nitrogen and oxygen atoms in total. The number of anilines is 1. The zero-order valence-electron chi connectivity index (χ0n) is 12.4. The number of pyridine rings is 1. The maximum atomic E-state index is 10.3. The van der Waals surface area contributed by atoms with Crippen LogP contribution < -0.4 is 5.73 Å². The average molecular weight is 285 g/mol. The van der Waals surface area contributed by atoms with E-state index in [2.05, 4.69) is 16.8 Å². The van der Waals surface area contributed by atoms with Crippen molar-refractivity contribution in [1.82, 2.24) is 9.88 Å². The van der Waals surface area contributed by atoms with Gasteiger partial charge in [-0.25, -0.2) is 0 Å². The highest BCUT2D eigenvalue weighted by molar-refractivity contribution is 5.41. The van der Waals surface area contributed by atoms with E-state index in [9.17, 15) is 5.11 Å². The van der Waals surface area contributed by atoms with E-state index >= 15 is 0 Å². The van der Waals surface area contributed by atoms with Gasteiger partial charge in [0.2, 0.25) is 0 Å². The number of nitrogens with zero attached hydrogens (tertiary/aromatic N) is 2. The lowest BCUT2D eigenvalue weighted by atomic mass is 10.1. The first-order valence-electron chi connectivity index (χ1n) is 7.33. The third kappa shape index (κ3) is 4.85. The molecule has 2 rings (SSSR count). The smallest absolute Gasteiger partial charge is 0.0917 e. The topological polar surface area (TPSA) is 62.4 Å². The lowest BCUT2D eigenvalue weighted by Crippen LogP contribution is -2.30. The van der Waals surface area contributed by atoms with Gasteiger partial charge in [0.1, 0.15) is 0 Å². The van der Waals surface area contributed by atoms with Crippen molar-refractivity contribution < 1.29 is 5.11 Å². The van der Waals surface area contributed by atoms with Gasteiger partial charge < -0.3 is 15.7 Å². The molecular formula is C17H23N3O. The Morgan fingerprint density at radius 2 is 2.00 bits per heavy atom. The zero-order chi connectivity index (χ0) is 15.1. The summed E-state index contributed by atoms with van der Waals surface area (Å²) < 4.78 is 0. The zero-order valence-corrected chi connectivity index (χ0v) is 12.4. The van der Waals surface area contributed by atoms with E-state index in [4.69, 9.17) is 5.73 Å². The molecule has 3 N–H and O–H groups in total. The van der Waals surface area contributed by atoms with Crippen LogP contribution in [-0.2, 0) is 6.42 Å². The third-order valence-corrected chi connectivity index (χ3v) is 3.64. The van der Waals surface area contributed by atoms with Crippen LogP contribution in [0.1, 0.15) is 24.2 Å². The second-order valence-electron chi connectivity index (χ2n) is 5.18. The number of likely N-dealkylation sites (N-methyl/N-ethyl adjacent to an activating group) is 1. The van der Waals surface area contributed by atoms with E-state index in [1.54, 1.807) is 0 Å². The van der Waals surface area contributed by atoms with E-state index in [1.807, 2.05) is 48.8 Å². The van der Waals surface area contributed by atoms with Crippen molar-refractivity contribution in [2.75, 3.05) is 25.4 Å². The van der Waals surface area contributed by atoms with Crippen molar-refractivity contribution in [1.29, 1.82) is 0 Å². The van der Waals surface area contributed by atoms with Crippen LogP contribution in [0.2, 0.25) is 0 Å². The van der Waals surface area contributed by atoms with Gasteiger partial charge >= 0.3 is 0 Å². The Bertz CT molecular complexity index is 545. The molecule has 1 atom stereocenters. The highest BCUT2D eigenvalue weighted by atomic mass is 16.3. The number of benzene rings is 1. The molecule has 1 unspecified atom stereocenters. The van der Waals surface area contributed by atoms with Gasteiger partial charge in [-0.3, -0.25) is 4.98 Å². The molecule has 0 aliphatic rings. The highest BCUT2D eigenvalue weighted by Gasteiger charge is 2.12. The number of nitrogens with two attached hydrogens (primary N) is 1. The van der Waals surface area contributed by atoms with Gasteiger partial charge in [-0.1, -0.05) is 19.1 Å². The largest absolute Gasteiger partial charge is 0.399 e. The van der Waals surface area contributed by atoms with Gasteiger partial charge in [-0.05, 0) is 48.4 Å². The lowest BCUT2D eigenvalue weighted by Gasteiger charge is -2.24. The standard InChI is InChI=1S/C17H23N3O/c1-2-20(11-8-14-6-9-19-10-7-14)13-17(21)15-4-3-5-16(18)12-15/h3-7,9-10,12,17,21H,2,8,11,13,18H2,1H3. The number of aliphatic hydroxyl groups is 1. The minimum absolute atomic E-state index is 0.508. The van der Waals surface area contributed by atoms with Crippen molar-refractivity contribution in [3.05, 3.63) is 59.9 Å². The number of rotatable bonds is 7. The summed E-state index contributed by atoms with van der Waals surface area (Å²) in [4.78, 5) is 6.27. The Labute approximate surface area is 126 Å². The minimum atomic E-state index is -0.508. The summed E-state index contributed by atoms with van der Waals surface area (Å²) in [6, 6.07) is 11.5. The molecule has 2 aromatic rings. The summed E-state index contributed by atoms with van der Waals surface area (Å²) in [5, 5.41) is 10.3. The van der Waals surface area contributed by atoms with Gasteiger partial charge in [0.15, 0.2) is 0 Å². The monoisotopic (exact) mass is 285 g/mol. The summed E-state index contributed by atoms with van der Waals surface area (Å²) in [6.45, 7) is 4.55. The van der Waals surface area contributed by atoms with E-state index in [0.29, 0.717) is 12.2 Å². The summed E-state index contributed by atoms with van der Waals surface area (Å²) >= 11 is 0. The fourth-order valence-electron chi connectivity index (χ4n) is 2.33. The fourth-order valence-corrected chi connectivity index (χ4v) is 2.33. The molecule has 0 saturated carbocycles. The molecule has 112 valence electrons. The molecule has 0 radical (unpaired) electrons. The number of nitrogen functional groups attached to an aromatic ring is 1. The molecule has 0 spiro atoms. The average Bonchev–Trinajstić information content (AvgIpc) is 2.52. The van der Waals surface area contributed by atoms with Crippen LogP contribution in [0.3, 0.4) is 0 Å². The maximum Gasteiger partial charge on any atom is 0.0917 e. The highest BCUT2D eigenvalue weighted by Crippen LogP contribution is 2.17. The van der Waals surface area contributed by atoms with Crippen molar-refractivity contribution in [3.63, 3.8) is 0 Å². The molecular weight excluding hydrogens is 262 g/mol. The SMILES string of the molecule is CCN(CCc1ccncc1)CC(O)c1cccc(N)c1. The quantitative estimate of drug-likeness (QED) is 0.766. The lowest BCUT2D eigenvalue weighted by molar-refractivity contribution is 0.116. The van der Waals surface area contributed by atoms with E-state index in [0.717, 1.165) is 25.1 Å². The Morgan fingerprint density at radius 3 is 2.67 bits per heavy atom. The summed E-state index contributed by atoms with van der Waals surface area (Å²) in [5.41, 5.74) is 8.59. The van der Waals surface area contributed by atoms with Crippen LogP contribution in [0.4, 0.5) is 5.69 Å². The predicted octanol–water partition coefficient (Wildman–Crippen LogP) is 2.26. The Morgan fingerprint density at radius 1 is 1.24 bits per heavy atom. The van der Waals surface area contributed by atoms with Crippen LogP contribution in [0.15, 0.2) is 48.8 Å². The van der Waals surface area contributed by atoms with Crippen LogP contribution in [0, 0.1) is 0 Å². The maximum absolute atomic E-state index is 10.3. The van der Waals surface area contributed by atoms with Crippen molar-refractivity contribution in [2.24, 2.45) is 0 Å². The molecule has 0 aliphatic carbocycles. The second kappa shape index (κ2) is 7.76.